The van der Waals surface area contributed by atoms with Crippen molar-refractivity contribution in [2.45, 2.75) is 22.8 Å². The van der Waals surface area contributed by atoms with E-state index in [1.165, 1.54) is 11.8 Å². The summed E-state index contributed by atoms with van der Waals surface area (Å²) in [6.07, 6.45) is 0.834. The number of para-hydroxylation sites is 1. The highest BCUT2D eigenvalue weighted by atomic mass is 35.5. The monoisotopic (exact) mass is 329 g/mol. The minimum absolute atomic E-state index is 0.0694. The molecule has 1 aromatic heterocycles. The van der Waals surface area contributed by atoms with Gasteiger partial charge in [-0.15, -0.1) is 0 Å². The predicted molar refractivity (Wildman–Crippen MR) is 89.2 cm³/mol. The van der Waals surface area contributed by atoms with Crippen molar-refractivity contribution in [1.29, 1.82) is 0 Å². The molecule has 110 valence electrons. The number of aromatic nitrogens is 1. The number of benzene rings is 2. The molecule has 0 fully saturated rings. The predicted octanol–water partition coefficient (Wildman–Crippen LogP) is 4.07. The van der Waals surface area contributed by atoms with E-state index in [1.54, 1.807) is 16.7 Å². The zero-order valence-electron chi connectivity index (χ0n) is 11.5. The Kier molecular flexibility index (Phi) is 3.17. The number of rotatable bonds is 2. The highest BCUT2D eigenvalue weighted by Crippen LogP contribution is 2.38. The van der Waals surface area contributed by atoms with E-state index in [9.17, 15) is 9.90 Å². The Bertz CT molecular complexity index is 948. The van der Waals surface area contributed by atoms with Gasteiger partial charge in [-0.1, -0.05) is 35.5 Å². The topological polar surface area (TPSA) is 42.2 Å². The molecule has 0 aliphatic carbocycles. The smallest absolute Gasteiger partial charge is 0.268 e. The Morgan fingerprint density at radius 2 is 1.91 bits per heavy atom. The summed E-state index contributed by atoms with van der Waals surface area (Å²) in [5, 5.41) is 11.9. The van der Waals surface area contributed by atoms with Crippen LogP contribution in [0.3, 0.4) is 0 Å². The first-order chi connectivity index (χ1) is 10.6. The molecular formula is C17H12ClNO2S. The van der Waals surface area contributed by atoms with Crippen molar-refractivity contribution < 1.29 is 5.11 Å². The van der Waals surface area contributed by atoms with Crippen LogP contribution < -0.4 is 5.56 Å². The number of aryl methyl sites for hydroxylation is 2. The molecule has 4 rings (SSSR count). The Morgan fingerprint density at radius 3 is 2.68 bits per heavy atom. The largest absolute Gasteiger partial charge is 0.506 e. The summed E-state index contributed by atoms with van der Waals surface area (Å²) in [4.78, 5) is 13.9. The van der Waals surface area contributed by atoms with E-state index >= 15 is 0 Å². The molecule has 0 saturated carbocycles. The lowest BCUT2D eigenvalue weighted by Crippen LogP contribution is -2.19. The second kappa shape index (κ2) is 5.07. The quantitative estimate of drug-likeness (QED) is 0.770. The molecule has 3 aromatic rings. The van der Waals surface area contributed by atoms with Gasteiger partial charge in [0.2, 0.25) is 0 Å². The van der Waals surface area contributed by atoms with Gasteiger partial charge >= 0.3 is 0 Å². The third-order valence-corrected chi connectivity index (χ3v) is 5.27. The molecule has 1 aliphatic rings. The van der Waals surface area contributed by atoms with Crippen molar-refractivity contribution in [1.82, 2.24) is 4.57 Å². The highest BCUT2D eigenvalue weighted by molar-refractivity contribution is 7.99. The summed E-state index contributed by atoms with van der Waals surface area (Å²) in [6, 6.07) is 13.0. The van der Waals surface area contributed by atoms with Crippen LogP contribution in [0, 0.1) is 0 Å². The van der Waals surface area contributed by atoms with Crippen molar-refractivity contribution in [3.63, 3.8) is 0 Å². The maximum absolute atomic E-state index is 12.7. The number of aromatic hydroxyl groups is 1. The van der Waals surface area contributed by atoms with E-state index in [1.807, 2.05) is 30.3 Å². The minimum atomic E-state index is -0.130. The van der Waals surface area contributed by atoms with Crippen LogP contribution in [0.4, 0.5) is 0 Å². The summed E-state index contributed by atoms with van der Waals surface area (Å²) < 4.78 is 1.77. The van der Waals surface area contributed by atoms with Crippen LogP contribution in [-0.2, 0) is 13.0 Å². The molecule has 22 heavy (non-hydrogen) atoms. The molecule has 0 radical (unpaired) electrons. The van der Waals surface area contributed by atoms with Crippen LogP contribution in [0.25, 0.3) is 10.9 Å². The fraction of sp³-hybridized carbons (Fsp3) is 0.118. The summed E-state index contributed by atoms with van der Waals surface area (Å²) >= 11 is 7.16. The third kappa shape index (κ3) is 2.02. The van der Waals surface area contributed by atoms with Crippen molar-refractivity contribution in [2.75, 3.05) is 0 Å². The van der Waals surface area contributed by atoms with Gasteiger partial charge in [0, 0.05) is 21.8 Å². The van der Waals surface area contributed by atoms with Gasteiger partial charge in [-0.3, -0.25) is 4.79 Å². The first kappa shape index (κ1) is 13.7. The van der Waals surface area contributed by atoms with Crippen LogP contribution in [0.2, 0.25) is 5.02 Å². The molecule has 1 N–H and O–H groups in total. The number of pyridine rings is 1. The molecule has 0 amide bonds. The fourth-order valence-electron chi connectivity index (χ4n) is 2.91. The maximum atomic E-state index is 12.7. The van der Waals surface area contributed by atoms with Crippen LogP contribution in [0.15, 0.2) is 57.1 Å². The molecule has 0 spiro atoms. The number of nitrogens with zero attached hydrogens (tertiary/aromatic N) is 1. The molecule has 0 bridgehead atoms. The molecule has 2 aromatic carbocycles. The van der Waals surface area contributed by atoms with Gasteiger partial charge in [-0.05, 0) is 42.3 Å². The average Bonchev–Trinajstić information content (AvgIpc) is 2.96. The molecule has 3 nitrogen and oxygen atoms in total. The van der Waals surface area contributed by atoms with Gasteiger partial charge in [0.25, 0.3) is 5.56 Å². The number of halogens is 1. The summed E-state index contributed by atoms with van der Waals surface area (Å²) in [5.41, 5.74) is 1.85. The van der Waals surface area contributed by atoms with Gasteiger partial charge in [-0.2, -0.15) is 0 Å². The minimum Gasteiger partial charge on any atom is -0.506 e. The molecule has 0 unspecified atom stereocenters. The maximum Gasteiger partial charge on any atom is 0.268 e. The van der Waals surface area contributed by atoms with Crippen molar-refractivity contribution in [3.8, 4) is 5.75 Å². The van der Waals surface area contributed by atoms with Gasteiger partial charge in [0.05, 0.1) is 5.52 Å². The normalized spacial score (nSPS) is 13.0. The van der Waals surface area contributed by atoms with Crippen LogP contribution >= 0.6 is 23.4 Å². The Morgan fingerprint density at radius 1 is 1.14 bits per heavy atom. The Labute approximate surface area is 136 Å². The average molecular weight is 330 g/mol. The lowest BCUT2D eigenvalue weighted by molar-refractivity contribution is 0.464. The highest BCUT2D eigenvalue weighted by Gasteiger charge is 2.22. The van der Waals surface area contributed by atoms with Crippen LogP contribution in [0.5, 0.6) is 5.75 Å². The summed E-state index contributed by atoms with van der Waals surface area (Å²) in [6.45, 7) is 0.670. The number of hydrogen-bond acceptors (Lipinski definition) is 3. The van der Waals surface area contributed by atoms with E-state index in [2.05, 4.69) is 0 Å². The summed E-state index contributed by atoms with van der Waals surface area (Å²) in [5.74, 6) is 0.0694. The Balaban J connectivity index is 1.93. The third-order valence-electron chi connectivity index (χ3n) is 3.94. The first-order valence-corrected chi connectivity index (χ1v) is 8.15. The lowest BCUT2D eigenvalue weighted by atomic mass is 10.1. The van der Waals surface area contributed by atoms with Crippen LogP contribution in [-0.4, -0.2) is 9.67 Å². The zero-order chi connectivity index (χ0) is 15.3. The van der Waals surface area contributed by atoms with Crippen molar-refractivity contribution in [3.05, 3.63) is 63.4 Å². The SMILES string of the molecule is O=c1c(Sc2ccc(Cl)cc2)c(O)c2cccc3c2n1CC3. The van der Waals surface area contributed by atoms with Gasteiger partial charge in [0.1, 0.15) is 10.6 Å². The fourth-order valence-corrected chi connectivity index (χ4v) is 3.95. The van der Waals surface area contributed by atoms with E-state index in [0.717, 1.165) is 27.8 Å². The summed E-state index contributed by atoms with van der Waals surface area (Å²) in [7, 11) is 0. The van der Waals surface area contributed by atoms with Gasteiger partial charge in [0.15, 0.2) is 0 Å². The van der Waals surface area contributed by atoms with Gasteiger partial charge in [-0.25, -0.2) is 0 Å². The molecule has 2 heterocycles. The standard InChI is InChI=1S/C17H12ClNO2S/c18-11-4-6-12(7-5-11)22-16-15(20)13-3-1-2-10-8-9-19(14(10)13)17(16)21/h1-7,20H,8-9H2. The molecule has 0 atom stereocenters. The van der Waals surface area contributed by atoms with E-state index in [0.29, 0.717) is 16.5 Å². The van der Waals surface area contributed by atoms with Crippen molar-refractivity contribution in [2.24, 2.45) is 0 Å². The van der Waals surface area contributed by atoms with Gasteiger partial charge < -0.3 is 9.67 Å². The lowest BCUT2D eigenvalue weighted by Gasteiger charge is -2.11. The molecule has 5 heteroatoms. The van der Waals surface area contributed by atoms with E-state index in [4.69, 9.17) is 11.6 Å². The Hall–Kier alpha value is -1.91. The van der Waals surface area contributed by atoms with E-state index in [-0.39, 0.29) is 11.3 Å². The van der Waals surface area contributed by atoms with E-state index < -0.39 is 0 Å². The zero-order valence-corrected chi connectivity index (χ0v) is 13.1. The number of hydrogen-bond donors (Lipinski definition) is 1. The van der Waals surface area contributed by atoms with Crippen molar-refractivity contribution >= 4 is 34.3 Å². The molecule has 0 saturated heterocycles. The second-order valence-corrected chi connectivity index (χ2v) is 6.77. The first-order valence-electron chi connectivity index (χ1n) is 6.96. The molecular weight excluding hydrogens is 318 g/mol. The molecule has 1 aliphatic heterocycles. The second-order valence-electron chi connectivity index (χ2n) is 5.25. The van der Waals surface area contributed by atoms with Crippen LogP contribution in [0.1, 0.15) is 5.56 Å².